The Morgan fingerprint density at radius 3 is 2.73 bits per heavy atom. The van der Waals surface area contributed by atoms with E-state index in [1.54, 1.807) is 11.3 Å². The van der Waals surface area contributed by atoms with Crippen LogP contribution in [-0.2, 0) is 0 Å². The van der Waals surface area contributed by atoms with Crippen molar-refractivity contribution < 1.29 is 0 Å². The third kappa shape index (κ3) is 2.12. The van der Waals surface area contributed by atoms with Crippen molar-refractivity contribution in [2.24, 2.45) is 0 Å². The maximum absolute atomic E-state index is 5.79. The topological polar surface area (TPSA) is 37.0 Å². The maximum atomic E-state index is 5.79. The Morgan fingerprint density at radius 1 is 1.40 bits per heavy atom. The van der Waals surface area contributed by atoms with Gasteiger partial charge in [-0.1, -0.05) is 11.6 Å². The van der Waals surface area contributed by atoms with Crippen molar-refractivity contribution >= 4 is 28.1 Å². The number of piperidine rings is 1. The van der Waals surface area contributed by atoms with E-state index in [0.717, 1.165) is 17.2 Å². The van der Waals surface area contributed by atoms with Crippen LogP contribution in [0.2, 0.25) is 5.15 Å². The van der Waals surface area contributed by atoms with Crippen molar-refractivity contribution in [3.8, 4) is 0 Å². The lowest BCUT2D eigenvalue weighted by molar-refractivity contribution is 0.378. The molecule has 0 amide bonds. The van der Waals surface area contributed by atoms with E-state index >= 15 is 0 Å². The monoisotopic (exact) mass is 243 g/mol. The predicted octanol–water partition coefficient (Wildman–Crippen LogP) is 2.49. The molecule has 2 aliphatic rings. The molecule has 2 bridgehead atoms. The minimum atomic E-state index is 0.575. The summed E-state index contributed by atoms with van der Waals surface area (Å²) in [6.07, 6.45) is 5.10. The first-order valence-corrected chi connectivity index (χ1v) is 6.69. The van der Waals surface area contributed by atoms with Crippen molar-refractivity contribution in [2.75, 3.05) is 5.32 Å². The quantitative estimate of drug-likeness (QED) is 0.838. The lowest BCUT2D eigenvalue weighted by Gasteiger charge is -2.29. The van der Waals surface area contributed by atoms with E-state index in [4.69, 9.17) is 11.6 Å². The molecule has 5 heteroatoms. The largest absolute Gasteiger partial charge is 0.359 e. The molecule has 2 fully saturated rings. The summed E-state index contributed by atoms with van der Waals surface area (Å²) in [4.78, 5) is 4.23. The second kappa shape index (κ2) is 3.92. The number of hydrogen-bond acceptors (Lipinski definition) is 4. The molecule has 2 atom stereocenters. The molecule has 2 N–H and O–H groups in total. The summed E-state index contributed by atoms with van der Waals surface area (Å²) in [6.45, 7) is 0. The molecule has 2 aliphatic heterocycles. The van der Waals surface area contributed by atoms with Crippen LogP contribution in [-0.4, -0.2) is 23.1 Å². The lowest BCUT2D eigenvalue weighted by Crippen LogP contribution is -2.43. The van der Waals surface area contributed by atoms with Gasteiger partial charge in [-0.05, 0) is 25.7 Å². The van der Waals surface area contributed by atoms with Gasteiger partial charge in [-0.3, -0.25) is 0 Å². The fourth-order valence-corrected chi connectivity index (χ4v) is 3.59. The molecule has 3 heterocycles. The van der Waals surface area contributed by atoms with Gasteiger partial charge in [-0.25, -0.2) is 4.98 Å². The van der Waals surface area contributed by atoms with Crippen molar-refractivity contribution in [1.29, 1.82) is 0 Å². The van der Waals surface area contributed by atoms with Crippen molar-refractivity contribution in [2.45, 2.75) is 43.8 Å². The predicted molar refractivity (Wildman–Crippen MR) is 63.7 cm³/mol. The summed E-state index contributed by atoms with van der Waals surface area (Å²) in [5, 5.41) is 10.5. The van der Waals surface area contributed by atoms with Crippen molar-refractivity contribution in [1.82, 2.24) is 10.3 Å². The second-order valence-electron chi connectivity index (χ2n) is 4.43. The molecule has 0 radical (unpaired) electrons. The highest BCUT2D eigenvalue weighted by atomic mass is 35.5. The fraction of sp³-hybridized carbons (Fsp3) is 0.700. The van der Waals surface area contributed by atoms with Crippen LogP contribution < -0.4 is 10.6 Å². The van der Waals surface area contributed by atoms with Crippen LogP contribution in [0.1, 0.15) is 25.7 Å². The zero-order chi connectivity index (χ0) is 10.3. The number of rotatable bonds is 2. The lowest BCUT2D eigenvalue weighted by atomic mass is 10.0. The van der Waals surface area contributed by atoms with Gasteiger partial charge in [0.15, 0.2) is 5.13 Å². The van der Waals surface area contributed by atoms with Crippen LogP contribution in [0.15, 0.2) is 5.38 Å². The van der Waals surface area contributed by atoms with Gasteiger partial charge in [0.25, 0.3) is 0 Å². The highest BCUT2D eigenvalue weighted by Crippen LogP contribution is 2.29. The first kappa shape index (κ1) is 9.87. The Labute approximate surface area is 98.2 Å². The molecule has 3 nitrogen and oxygen atoms in total. The van der Waals surface area contributed by atoms with Gasteiger partial charge >= 0.3 is 0 Å². The zero-order valence-corrected chi connectivity index (χ0v) is 9.94. The van der Waals surface area contributed by atoms with Crippen LogP contribution in [0.3, 0.4) is 0 Å². The number of thiazole rings is 1. The van der Waals surface area contributed by atoms with Crippen molar-refractivity contribution in [3.05, 3.63) is 10.5 Å². The number of aromatic nitrogens is 1. The minimum Gasteiger partial charge on any atom is -0.359 e. The maximum Gasteiger partial charge on any atom is 0.184 e. The molecule has 0 aromatic carbocycles. The van der Waals surface area contributed by atoms with E-state index < -0.39 is 0 Å². The fourth-order valence-electron chi connectivity index (χ4n) is 2.67. The van der Waals surface area contributed by atoms with Gasteiger partial charge in [-0.2, -0.15) is 0 Å². The summed E-state index contributed by atoms with van der Waals surface area (Å²) >= 11 is 7.39. The van der Waals surface area contributed by atoms with Gasteiger partial charge in [0.05, 0.1) is 0 Å². The molecule has 0 aliphatic carbocycles. The summed E-state index contributed by atoms with van der Waals surface area (Å²) < 4.78 is 0. The normalized spacial score (nSPS) is 34.3. The third-order valence-electron chi connectivity index (χ3n) is 3.28. The van der Waals surface area contributed by atoms with E-state index in [1.165, 1.54) is 25.7 Å². The van der Waals surface area contributed by atoms with Crippen LogP contribution in [0.25, 0.3) is 0 Å². The molecule has 82 valence electrons. The SMILES string of the molecule is Clc1csc(NC2CC3CCC(C2)N3)n1. The first-order chi connectivity index (χ1) is 7.29. The van der Waals surface area contributed by atoms with Crippen LogP contribution in [0, 0.1) is 0 Å². The highest BCUT2D eigenvalue weighted by Gasteiger charge is 2.33. The smallest absolute Gasteiger partial charge is 0.184 e. The number of halogens is 1. The average Bonchev–Trinajstić information content (AvgIpc) is 2.74. The van der Waals surface area contributed by atoms with E-state index in [1.807, 2.05) is 5.38 Å². The van der Waals surface area contributed by atoms with E-state index in [2.05, 4.69) is 15.6 Å². The minimum absolute atomic E-state index is 0.575. The Kier molecular flexibility index (Phi) is 2.58. The number of anilines is 1. The molecule has 15 heavy (non-hydrogen) atoms. The molecular formula is C10H14ClN3S. The zero-order valence-electron chi connectivity index (χ0n) is 8.37. The molecule has 1 aromatic rings. The third-order valence-corrected chi connectivity index (χ3v) is 4.37. The van der Waals surface area contributed by atoms with Gasteiger partial charge < -0.3 is 10.6 Å². The van der Waals surface area contributed by atoms with E-state index in [9.17, 15) is 0 Å². The summed E-state index contributed by atoms with van der Waals surface area (Å²) in [5.74, 6) is 0. The molecule has 1 aromatic heterocycles. The van der Waals surface area contributed by atoms with Gasteiger partial charge in [0.2, 0.25) is 0 Å². The van der Waals surface area contributed by atoms with Crippen LogP contribution >= 0.6 is 22.9 Å². The van der Waals surface area contributed by atoms with Gasteiger partial charge in [-0.15, -0.1) is 11.3 Å². The summed E-state index contributed by atoms with van der Waals surface area (Å²) in [5.41, 5.74) is 0. The summed E-state index contributed by atoms with van der Waals surface area (Å²) in [6, 6.07) is 2.01. The van der Waals surface area contributed by atoms with Crippen LogP contribution in [0.5, 0.6) is 0 Å². The van der Waals surface area contributed by atoms with Crippen LogP contribution in [0.4, 0.5) is 5.13 Å². The molecule has 0 spiro atoms. The first-order valence-electron chi connectivity index (χ1n) is 5.43. The van der Waals surface area contributed by atoms with E-state index in [0.29, 0.717) is 11.2 Å². The number of nitrogens with one attached hydrogen (secondary N) is 2. The van der Waals surface area contributed by atoms with E-state index in [-0.39, 0.29) is 0 Å². The molecule has 0 saturated carbocycles. The second-order valence-corrected chi connectivity index (χ2v) is 5.67. The van der Waals surface area contributed by atoms with Crippen molar-refractivity contribution in [3.63, 3.8) is 0 Å². The molecular weight excluding hydrogens is 230 g/mol. The van der Waals surface area contributed by atoms with Gasteiger partial charge in [0.1, 0.15) is 5.15 Å². The molecule has 2 saturated heterocycles. The number of nitrogens with zero attached hydrogens (tertiary/aromatic N) is 1. The highest BCUT2D eigenvalue weighted by molar-refractivity contribution is 7.14. The number of hydrogen-bond donors (Lipinski definition) is 2. The number of fused-ring (bicyclic) bond motifs is 2. The van der Waals surface area contributed by atoms with Gasteiger partial charge in [0, 0.05) is 23.5 Å². The molecule has 2 unspecified atom stereocenters. The Morgan fingerprint density at radius 2 is 2.13 bits per heavy atom. The Bertz CT molecular complexity index is 342. The Balaban J connectivity index is 1.64. The Hall–Kier alpha value is -0.320. The standard InChI is InChI=1S/C10H14ClN3S/c11-9-5-15-10(14-9)13-8-3-6-1-2-7(4-8)12-6/h5-8,12H,1-4H2,(H,13,14). The summed E-state index contributed by atoms with van der Waals surface area (Å²) in [7, 11) is 0. The average molecular weight is 244 g/mol. The molecule has 3 rings (SSSR count).